The normalized spacial score (nSPS) is 12.5. The summed E-state index contributed by atoms with van der Waals surface area (Å²) < 4.78 is 60.1. The van der Waals surface area contributed by atoms with E-state index in [1.807, 2.05) is 0 Å². The molecule has 0 unspecified atom stereocenters. The van der Waals surface area contributed by atoms with Crippen molar-refractivity contribution in [2.45, 2.75) is 122 Å². The van der Waals surface area contributed by atoms with Crippen LogP contribution < -0.4 is 0 Å². The molecular weight excluding hydrogens is 427 g/mol. The standard InChI is InChI=1S/C22H48N.CHF3O3S/c1-5-7-9-11-13-15-17-19-21-23(3,4)22-20-18-16-14-12-10-8-6-2;2-1(3,4)8(5,6)7/h5-22H2,1-4H3;(H,5,6,7)/q+1;/p-1. The van der Waals surface area contributed by atoms with Gasteiger partial charge in [0, 0.05) is 0 Å². The quantitative estimate of drug-likeness (QED) is 0.0898. The van der Waals surface area contributed by atoms with Gasteiger partial charge in [-0.15, -0.1) is 0 Å². The molecule has 0 bridgehead atoms. The van der Waals surface area contributed by atoms with Crippen LogP contribution in [0.5, 0.6) is 0 Å². The highest BCUT2D eigenvalue weighted by Gasteiger charge is 2.36. The highest BCUT2D eigenvalue weighted by atomic mass is 32.2. The minimum atomic E-state index is -6.09. The van der Waals surface area contributed by atoms with Gasteiger partial charge < -0.3 is 9.04 Å². The summed E-state index contributed by atoms with van der Waals surface area (Å²) in [5.74, 6) is 0. The van der Waals surface area contributed by atoms with E-state index in [1.165, 1.54) is 120 Å². The van der Waals surface area contributed by atoms with E-state index in [4.69, 9.17) is 13.0 Å². The maximum Gasteiger partial charge on any atom is 0.485 e. The molecule has 31 heavy (non-hydrogen) atoms. The Morgan fingerprint density at radius 3 is 1.06 bits per heavy atom. The molecule has 0 aliphatic heterocycles. The fourth-order valence-corrected chi connectivity index (χ4v) is 3.46. The number of unbranched alkanes of at least 4 members (excludes halogenated alkanes) is 14. The average molecular weight is 476 g/mol. The first kappa shape index (κ1) is 32.8. The molecule has 0 spiro atoms. The maximum absolute atomic E-state index is 10.7. The number of hydrogen-bond donors (Lipinski definition) is 0. The fraction of sp³-hybridized carbons (Fsp3) is 1.00. The SMILES string of the molecule is CCCCCCCCCC[N+](C)(C)CCCCCCCCCC.O=S(=O)([O-])C(F)(F)F. The highest BCUT2D eigenvalue weighted by molar-refractivity contribution is 7.86. The Bertz CT molecular complexity index is 473. The summed E-state index contributed by atoms with van der Waals surface area (Å²) in [6, 6.07) is 0. The first-order valence-corrected chi connectivity index (χ1v) is 13.6. The van der Waals surface area contributed by atoms with Crippen molar-refractivity contribution in [2.24, 2.45) is 0 Å². The Hall–Kier alpha value is -0.340. The first-order valence-electron chi connectivity index (χ1n) is 12.2. The summed E-state index contributed by atoms with van der Waals surface area (Å²) in [4.78, 5) is 0. The zero-order valence-corrected chi connectivity index (χ0v) is 21.3. The Kier molecular flexibility index (Phi) is 20.3. The van der Waals surface area contributed by atoms with Crippen LogP contribution in [0.1, 0.15) is 117 Å². The van der Waals surface area contributed by atoms with Crippen LogP contribution in [0.15, 0.2) is 0 Å². The van der Waals surface area contributed by atoms with E-state index >= 15 is 0 Å². The summed E-state index contributed by atoms with van der Waals surface area (Å²) in [7, 11) is -1.22. The summed E-state index contributed by atoms with van der Waals surface area (Å²) in [6.45, 7) is 7.36. The Morgan fingerprint density at radius 2 is 0.839 bits per heavy atom. The van der Waals surface area contributed by atoms with Gasteiger partial charge in [0.05, 0.1) is 27.2 Å². The molecule has 0 fully saturated rings. The predicted molar refractivity (Wildman–Crippen MR) is 123 cm³/mol. The minimum Gasteiger partial charge on any atom is -0.741 e. The molecule has 0 aromatic carbocycles. The molecule has 0 saturated carbocycles. The minimum absolute atomic E-state index is 1.24. The number of hydrogen-bond acceptors (Lipinski definition) is 3. The Morgan fingerprint density at radius 1 is 0.613 bits per heavy atom. The number of quaternary nitrogens is 1. The largest absolute Gasteiger partial charge is 0.741 e. The van der Waals surface area contributed by atoms with E-state index in [0.717, 1.165) is 0 Å². The summed E-state index contributed by atoms with van der Waals surface area (Å²) in [5.41, 5.74) is -5.65. The smallest absolute Gasteiger partial charge is 0.485 e. The molecule has 4 nitrogen and oxygen atoms in total. The van der Waals surface area contributed by atoms with Crippen molar-refractivity contribution in [3.63, 3.8) is 0 Å². The molecule has 0 aliphatic carbocycles. The average Bonchev–Trinajstić information content (AvgIpc) is 2.65. The van der Waals surface area contributed by atoms with Gasteiger partial charge in [0.25, 0.3) is 0 Å². The van der Waals surface area contributed by atoms with E-state index in [1.54, 1.807) is 0 Å². The molecule has 190 valence electrons. The van der Waals surface area contributed by atoms with Crippen molar-refractivity contribution < 1.29 is 30.6 Å². The van der Waals surface area contributed by atoms with Crippen LogP contribution in [0.2, 0.25) is 0 Å². The zero-order chi connectivity index (χ0) is 24.2. The van der Waals surface area contributed by atoms with Crippen LogP contribution in [0, 0.1) is 0 Å². The lowest BCUT2D eigenvalue weighted by atomic mass is 10.1. The third kappa shape index (κ3) is 24.1. The number of halogens is 3. The zero-order valence-electron chi connectivity index (χ0n) is 20.4. The van der Waals surface area contributed by atoms with Gasteiger partial charge in [-0.25, -0.2) is 8.42 Å². The molecule has 0 atom stereocenters. The van der Waals surface area contributed by atoms with Crippen molar-refractivity contribution in [2.75, 3.05) is 27.2 Å². The van der Waals surface area contributed by atoms with Crippen LogP contribution in [0.3, 0.4) is 0 Å². The molecule has 0 radical (unpaired) electrons. The second kappa shape index (κ2) is 19.2. The highest BCUT2D eigenvalue weighted by Crippen LogP contribution is 2.20. The fourth-order valence-electron chi connectivity index (χ4n) is 3.46. The van der Waals surface area contributed by atoms with E-state index in [0.29, 0.717) is 0 Å². The van der Waals surface area contributed by atoms with Gasteiger partial charge in [0.1, 0.15) is 0 Å². The lowest BCUT2D eigenvalue weighted by molar-refractivity contribution is -0.890. The van der Waals surface area contributed by atoms with Crippen molar-refractivity contribution >= 4 is 10.1 Å². The van der Waals surface area contributed by atoms with Gasteiger partial charge in [-0.1, -0.05) is 90.9 Å². The lowest BCUT2D eigenvalue weighted by Crippen LogP contribution is -2.41. The molecule has 0 amide bonds. The van der Waals surface area contributed by atoms with E-state index in [9.17, 15) is 13.2 Å². The summed E-state index contributed by atoms with van der Waals surface area (Å²) in [5, 5.41) is 0. The molecule has 0 N–H and O–H groups in total. The van der Waals surface area contributed by atoms with Gasteiger partial charge in [0.15, 0.2) is 10.1 Å². The second-order valence-corrected chi connectivity index (χ2v) is 10.6. The van der Waals surface area contributed by atoms with Gasteiger partial charge >= 0.3 is 5.51 Å². The van der Waals surface area contributed by atoms with Crippen molar-refractivity contribution in [3.05, 3.63) is 0 Å². The van der Waals surface area contributed by atoms with Crippen LogP contribution in [-0.2, 0) is 10.1 Å². The van der Waals surface area contributed by atoms with Crippen LogP contribution in [0.4, 0.5) is 13.2 Å². The number of rotatable bonds is 18. The van der Waals surface area contributed by atoms with Crippen molar-refractivity contribution in [1.29, 1.82) is 0 Å². The predicted octanol–water partition coefficient (Wildman–Crippen LogP) is 7.40. The van der Waals surface area contributed by atoms with Crippen LogP contribution in [0.25, 0.3) is 0 Å². The Labute approximate surface area is 190 Å². The van der Waals surface area contributed by atoms with Crippen molar-refractivity contribution in [3.8, 4) is 0 Å². The van der Waals surface area contributed by atoms with Crippen LogP contribution >= 0.6 is 0 Å². The van der Waals surface area contributed by atoms with Gasteiger partial charge in [-0.2, -0.15) is 13.2 Å². The van der Waals surface area contributed by atoms with Gasteiger partial charge in [0.2, 0.25) is 0 Å². The maximum atomic E-state index is 10.7. The topological polar surface area (TPSA) is 57.2 Å². The molecule has 0 aliphatic rings. The van der Waals surface area contributed by atoms with Crippen LogP contribution in [-0.4, -0.2) is 50.1 Å². The molecule has 0 aromatic heterocycles. The third-order valence-corrected chi connectivity index (χ3v) is 6.08. The lowest BCUT2D eigenvalue weighted by Gasteiger charge is -2.30. The summed E-state index contributed by atoms with van der Waals surface area (Å²) >= 11 is 0. The van der Waals surface area contributed by atoms with Gasteiger partial charge in [-0.05, 0) is 25.7 Å². The first-order chi connectivity index (χ1) is 14.4. The van der Waals surface area contributed by atoms with E-state index < -0.39 is 15.6 Å². The number of nitrogens with zero attached hydrogens (tertiary/aromatic N) is 1. The molecule has 0 rings (SSSR count). The molecule has 8 heteroatoms. The molecule has 0 heterocycles. The molecular formula is C23H48F3NO3S. The molecule has 0 saturated heterocycles. The third-order valence-electron chi connectivity index (χ3n) is 5.52. The summed E-state index contributed by atoms with van der Waals surface area (Å²) in [6.07, 6.45) is 23.0. The Balaban J connectivity index is 0. The molecule has 0 aromatic rings. The van der Waals surface area contributed by atoms with Gasteiger partial charge in [-0.3, -0.25) is 0 Å². The second-order valence-electron chi connectivity index (χ2n) is 9.23. The van der Waals surface area contributed by atoms with Crippen molar-refractivity contribution in [1.82, 2.24) is 0 Å². The monoisotopic (exact) mass is 475 g/mol. The van der Waals surface area contributed by atoms with E-state index in [-0.39, 0.29) is 0 Å². The number of alkyl halides is 3. The van der Waals surface area contributed by atoms with E-state index in [2.05, 4.69) is 27.9 Å².